The van der Waals surface area contributed by atoms with E-state index in [0.717, 1.165) is 33.0 Å². The SMILES string of the molecule is COc1ccc([C@H]2Sc3cc(C)c(C)cc3N(CCN(C)C)C(=O)[C@H]2OC(C)=O)cc1.O=C(O)C(=O)O.O=C(O)C(=O)O. The van der Waals surface area contributed by atoms with Crippen LogP contribution >= 0.6 is 11.8 Å². The van der Waals surface area contributed by atoms with Gasteiger partial charge in [-0.1, -0.05) is 12.1 Å². The van der Waals surface area contributed by atoms with Gasteiger partial charge >= 0.3 is 29.8 Å². The van der Waals surface area contributed by atoms with Gasteiger partial charge in [0, 0.05) is 24.9 Å². The fourth-order valence-electron chi connectivity index (χ4n) is 3.54. The van der Waals surface area contributed by atoms with Crippen molar-refractivity contribution in [3.8, 4) is 5.75 Å². The topological polar surface area (TPSA) is 208 Å². The molecule has 1 aliphatic heterocycles. The number of ether oxygens (including phenoxy) is 2. The third-order valence-corrected chi connectivity index (χ3v) is 7.13. The molecule has 4 N–H and O–H groups in total. The van der Waals surface area contributed by atoms with Crippen molar-refractivity contribution >= 4 is 53.2 Å². The number of carbonyl (C=O) groups is 6. The fraction of sp³-hybridized carbons (Fsp3) is 0.357. The number of carboxylic acids is 4. The number of amides is 1. The van der Waals surface area contributed by atoms with E-state index in [-0.39, 0.29) is 11.2 Å². The van der Waals surface area contributed by atoms with E-state index < -0.39 is 36.0 Å². The Morgan fingerprint density at radius 3 is 1.79 bits per heavy atom. The number of carboxylic acid groups (broad SMARTS) is 4. The summed E-state index contributed by atoms with van der Waals surface area (Å²) in [4.78, 5) is 66.9. The number of aliphatic carboxylic acids is 4. The van der Waals surface area contributed by atoms with Crippen LogP contribution in [-0.2, 0) is 33.5 Å². The number of thioether (sulfide) groups is 1. The molecule has 0 aliphatic carbocycles. The normalized spacial score (nSPS) is 15.4. The van der Waals surface area contributed by atoms with E-state index in [1.807, 2.05) is 50.2 Å². The largest absolute Gasteiger partial charge is 0.497 e. The number of methoxy groups -OCH3 is 1. The minimum atomic E-state index is -1.82. The number of esters is 1. The van der Waals surface area contributed by atoms with Crippen LogP contribution in [0.15, 0.2) is 41.3 Å². The fourth-order valence-corrected chi connectivity index (χ4v) is 4.94. The zero-order valence-corrected chi connectivity index (χ0v) is 25.2. The van der Waals surface area contributed by atoms with Crippen molar-refractivity contribution in [2.75, 3.05) is 39.2 Å². The molecule has 43 heavy (non-hydrogen) atoms. The Bertz CT molecular complexity index is 1300. The number of aryl methyl sites for hydroxylation is 2. The molecule has 234 valence electrons. The van der Waals surface area contributed by atoms with Crippen LogP contribution in [0.5, 0.6) is 5.75 Å². The number of benzene rings is 2. The van der Waals surface area contributed by atoms with E-state index in [9.17, 15) is 9.59 Å². The maximum absolute atomic E-state index is 13.8. The molecule has 2 aromatic carbocycles. The van der Waals surface area contributed by atoms with E-state index in [4.69, 9.17) is 49.1 Å². The van der Waals surface area contributed by atoms with Crippen molar-refractivity contribution in [3.05, 3.63) is 53.1 Å². The second-order valence-electron chi connectivity index (χ2n) is 9.26. The van der Waals surface area contributed by atoms with Gasteiger partial charge in [0.15, 0.2) is 6.10 Å². The van der Waals surface area contributed by atoms with Crippen LogP contribution in [0.25, 0.3) is 0 Å². The highest BCUT2D eigenvalue weighted by molar-refractivity contribution is 7.99. The molecule has 0 saturated heterocycles. The number of likely N-dealkylation sites (N-methyl/N-ethyl adjacent to an activating group) is 1. The van der Waals surface area contributed by atoms with Gasteiger partial charge in [-0.15, -0.1) is 11.8 Å². The predicted octanol–water partition coefficient (Wildman–Crippen LogP) is 2.30. The van der Waals surface area contributed by atoms with Crippen molar-refractivity contribution in [1.82, 2.24) is 4.90 Å². The van der Waals surface area contributed by atoms with Crippen molar-refractivity contribution in [2.24, 2.45) is 0 Å². The average molecular weight is 623 g/mol. The minimum absolute atomic E-state index is 0.202. The second kappa shape index (κ2) is 16.7. The number of hydrogen-bond donors (Lipinski definition) is 4. The quantitative estimate of drug-likeness (QED) is 0.269. The van der Waals surface area contributed by atoms with Gasteiger partial charge in [0.05, 0.1) is 18.0 Å². The highest BCUT2D eigenvalue weighted by Gasteiger charge is 2.41. The van der Waals surface area contributed by atoms with Crippen molar-refractivity contribution < 1.29 is 58.7 Å². The lowest BCUT2D eigenvalue weighted by atomic mass is 10.0. The lowest BCUT2D eigenvalue weighted by Crippen LogP contribution is -2.45. The van der Waals surface area contributed by atoms with E-state index in [2.05, 4.69) is 19.1 Å². The van der Waals surface area contributed by atoms with Crippen LogP contribution < -0.4 is 9.64 Å². The van der Waals surface area contributed by atoms with Crippen LogP contribution in [-0.4, -0.2) is 101 Å². The molecule has 1 amide bonds. The van der Waals surface area contributed by atoms with Crippen LogP contribution in [0.3, 0.4) is 0 Å². The number of hydrogen-bond acceptors (Lipinski definition) is 10. The maximum Gasteiger partial charge on any atom is 0.414 e. The molecule has 0 radical (unpaired) electrons. The number of carbonyl (C=O) groups excluding carboxylic acids is 2. The van der Waals surface area contributed by atoms with Crippen molar-refractivity contribution in [3.63, 3.8) is 0 Å². The van der Waals surface area contributed by atoms with Crippen molar-refractivity contribution in [1.29, 1.82) is 0 Å². The first kappa shape index (κ1) is 36.4. The lowest BCUT2D eigenvalue weighted by Gasteiger charge is -2.28. The summed E-state index contributed by atoms with van der Waals surface area (Å²) >= 11 is 1.56. The average Bonchev–Trinajstić information content (AvgIpc) is 3.02. The number of nitrogens with zero attached hydrogens (tertiary/aromatic N) is 2. The van der Waals surface area contributed by atoms with E-state index in [0.29, 0.717) is 13.1 Å². The molecule has 15 heteroatoms. The molecule has 1 heterocycles. The molecule has 0 fully saturated rings. The molecule has 0 bridgehead atoms. The summed E-state index contributed by atoms with van der Waals surface area (Å²) in [6.45, 7) is 6.67. The summed E-state index contributed by atoms with van der Waals surface area (Å²) in [5.41, 5.74) is 4.05. The van der Waals surface area contributed by atoms with E-state index in [1.54, 1.807) is 23.8 Å². The summed E-state index contributed by atoms with van der Waals surface area (Å²) in [5, 5.41) is 29.2. The Labute approximate surface area is 251 Å². The first-order valence-electron chi connectivity index (χ1n) is 12.5. The summed E-state index contributed by atoms with van der Waals surface area (Å²) < 4.78 is 10.9. The third-order valence-electron chi connectivity index (χ3n) is 5.78. The Morgan fingerprint density at radius 2 is 1.37 bits per heavy atom. The van der Waals surface area contributed by atoms with E-state index in [1.165, 1.54) is 6.92 Å². The van der Waals surface area contributed by atoms with Crippen LogP contribution in [0.1, 0.15) is 28.9 Å². The first-order chi connectivity index (χ1) is 20.0. The Morgan fingerprint density at radius 1 is 0.884 bits per heavy atom. The molecule has 2 aromatic rings. The Kier molecular flexibility index (Phi) is 14.2. The highest BCUT2D eigenvalue weighted by Crippen LogP contribution is 2.47. The monoisotopic (exact) mass is 622 g/mol. The summed E-state index contributed by atoms with van der Waals surface area (Å²) in [6.07, 6.45) is -0.925. The van der Waals surface area contributed by atoms with Crippen molar-refractivity contribution in [2.45, 2.75) is 37.0 Å². The van der Waals surface area contributed by atoms with Crippen LogP contribution in [0.4, 0.5) is 5.69 Å². The van der Waals surface area contributed by atoms with Crippen LogP contribution in [0.2, 0.25) is 0 Å². The first-order valence-corrected chi connectivity index (χ1v) is 13.4. The number of rotatable bonds is 6. The third kappa shape index (κ3) is 11.3. The number of fused-ring (bicyclic) bond motifs is 1. The molecular formula is C28H34N2O12S. The maximum atomic E-state index is 13.8. The summed E-state index contributed by atoms with van der Waals surface area (Å²) in [5.74, 6) is -7.23. The zero-order valence-electron chi connectivity index (χ0n) is 24.4. The molecule has 3 rings (SSSR count). The highest BCUT2D eigenvalue weighted by atomic mass is 32.2. The lowest BCUT2D eigenvalue weighted by molar-refractivity contribution is -0.159. The molecule has 0 spiro atoms. The van der Waals surface area contributed by atoms with Gasteiger partial charge in [-0.3, -0.25) is 9.59 Å². The van der Waals surface area contributed by atoms with Gasteiger partial charge < -0.3 is 39.7 Å². The van der Waals surface area contributed by atoms with Gasteiger partial charge in [0.1, 0.15) is 5.75 Å². The molecule has 0 unspecified atom stereocenters. The van der Waals surface area contributed by atoms with Gasteiger partial charge in [0.2, 0.25) is 0 Å². The standard InChI is InChI=1S/C24H30N2O4S.2C2H2O4/c1-15-13-20-21(14-16(15)2)31-23(18-7-9-19(29-6)10-8-18)22(30-17(3)27)24(28)26(20)12-11-25(4)5;2*3-1(4)2(5)6/h7-10,13-14,22-23H,11-12H2,1-6H3;2*(H,3,4)(H,5,6)/t22-,23+;;/m0../s1. The molecular weight excluding hydrogens is 588 g/mol. The van der Waals surface area contributed by atoms with Gasteiger partial charge in [-0.25, -0.2) is 19.2 Å². The number of anilines is 1. The Balaban J connectivity index is 0.000000649. The van der Waals surface area contributed by atoms with Gasteiger partial charge in [-0.2, -0.15) is 0 Å². The predicted molar refractivity (Wildman–Crippen MR) is 155 cm³/mol. The van der Waals surface area contributed by atoms with Gasteiger partial charge in [-0.05, 0) is 68.9 Å². The molecule has 0 saturated carbocycles. The van der Waals surface area contributed by atoms with Gasteiger partial charge in [0.25, 0.3) is 5.91 Å². The molecule has 0 aromatic heterocycles. The molecule has 1 aliphatic rings. The summed E-state index contributed by atoms with van der Waals surface area (Å²) in [6, 6.07) is 11.8. The molecule has 2 atom stereocenters. The smallest absolute Gasteiger partial charge is 0.414 e. The minimum Gasteiger partial charge on any atom is -0.497 e. The summed E-state index contributed by atoms with van der Waals surface area (Å²) in [7, 11) is 5.56. The van der Waals surface area contributed by atoms with E-state index >= 15 is 0 Å². The Hall–Kier alpha value is -4.63. The zero-order chi connectivity index (χ0) is 33.0. The molecule has 14 nitrogen and oxygen atoms in total. The second-order valence-corrected chi connectivity index (χ2v) is 10.4. The van der Waals surface area contributed by atoms with Crippen LogP contribution in [0, 0.1) is 13.8 Å².